The van der Waals surface area contributed by atoms with Crippen LogP contribution in [0.25, 0.3) is 22.6 Å². The molecule has 0 fully saturated rings. The van der Waals surface area contributed by atoms with Gasteiger partial charge in [0.15, 0.2) is 5.82 Å². The van der Waals surface area contributed by atoms with Crippen molar-refractivity contribution in [3.63, 3.8) is 0 Å². The van der Waals surface area contributed by atoms with Gasteiger partial charge in [-0.1, -0.05) is 75.4 Å². The molecule has 3 rings (SSSR count). The largest absolute Gasteiger partial charge is 0.433 e. The van der Waals surface area contributed by atoms with Gasteiger partial charge < -0.3 is 0 Å². The fourth-order valence-corrected chi connectivity index (χ4v) is 2.60. The van der Waals surface area contributed by atoms with E-state index in [0.717, 1.165) is 11.6 Å². The van der Waals surface area contributed by atoms with Crippen LogP contribution < -0.4 is 0 Å². The Morgan fingerprint density at radius 3 is 1.88 bits per heavy atom. The van der Waals surface area contributed by atoms with Crippen molar-refractivity contribution in [2.75, 3.05) is 0 Å². The highest BCUT2D eigenvalue weighted by Gasteiger charge is 2.34. The second-order valence-corrected chi connectivity index (χ2v) is 7.15. The van der Waals surface area contributed by atoms with Crippen LogP contribution >= 0.6 is 0 Å². The third kappa shape index (κ3) is 3.93. The van der Waals surface area contributed by atoms with Crippen LogP contribution in [-0.4, -0.2) is 9.97 Å². The highest BCUT2D eigenvalue weighted by molar-refractivity contribution is 5.64. The monoisotopic (exact) mass is 356 g/mol. The normalized spacial score (nSPS) is 12.2. The van der Waals surface area contributed by atoms with E-state index >= 15 is 0 Å². The Kier molecular flexibility index (Phi) is 4.57. The minimum absolute atomic E-state index is 0.0312. The van der Waals surface area contributed by atoms with E-state index in [-0.39, 0.29) is 16.9 Å². The van der Waals surface area contributed by atoms with Crippen LogP contribution in [0.5, 0.6) is 0 Å². The van der Waals surface area contributed by atoms with Crippen molar-refractivity contribution in [1.82, 2.24) is 9.97 Å². The SMILES string of the molecule is CC(C)(C)c1ccc(-c2cc(C(F)(F)F)nc(-c3ccccc3)n2)cc1. The van der Waals surface area contributed by atoms with Gasteiger partial charge in [-0.05, 0) is 17.0 Å². The van der Waals surface area contributed by atoms with E-state index in [1.165, 1.54) is 0 Å². The maximum Gasteiger partial charge on any atom is 0.433 e. The van der Waals surface area contributed by atoms with E-state index in [0.29, 0.717) is 11.1 Å². The zero-order valence-corrected chi connectivity index (χ0v) is 14.8. The number of hydrogen-bond acceptors (Lipinski definition) is 2. The number of aromatic nitrogens is 2. The molecule has 0 aliphatic carbocycles. The van der Waals surface area contributed by atoms with Gasteiger partial charge in [0.2, 0.25) is 0 Å². The first-order valence-corrected chi connectivity index (χ1v) is 8.27. The molecule has 0 radical (unpaired) electrons. The number of halogens is 3. The molecule has 0 saturated carbocycles. The van der Waals surface area contributed by atoms with Gasteiger partial charge in [-0.3, -0.25) is 0 Å². The van der Waals surface area contributed by atoms with Crippen LogP contribution in [0.1, 0.15) is 32.0 Å². The van der Waals surface area contributed by atoms with Crippen molar-refractivity contribution in [2.24, 2.45) is 0 Å². The molecule has 1 heterocycles. The second kappa shape index (κ2) is 6.56. The first-order valence-electron chi connectivity index (χ1n) is 8.27. The minimum atomic E-state index is -4.54. The molecule has 0 aliphatic rings. The average Bonchev–Trinajstić information content (AvgIpc) is 2.61. The lowest BCUT2D eigenvalue weighted by Gasteiger charge is -2.19. The summed E-state index contributed by atoms with van der Waals surface area (Å²) in [5.74, 6) is 0.0651. The first kappa shape index (κ1) is 18.1. The first-order chi connectivity index (χ1) is 12.1. The van der Waals surface area contributed by atoms with Crippen molar-refractivity contribution in [3.05, 3.63) is 71.9 Å². The quantitative estimate of drug-likeness (QED) is 0.552. The smallest absolute Gasteiger partial charge is 0.228 e. The van der Waals surface area contributed by atoms with Gasteiger partial charge in [0, 0.05) is 11.1 Å². The molecule has 0 amide bonds. The Bertz CT molecular complexity index is 893. The summed E-state index contributed by atoms with van der Waals surface area (Å²) in [6.45, 7) is 6.26. The summed E-state index contributed by atoms with van der Waals surface area (Å²) in [7, 11) is 0. The summed E-state index contributed by atoms with van der Waals surface area (Å²) in [5.41, 5.74) is 1.56. The van der Waals surface area contributed by atoms with Crippen LogP contribution in [0.4, 0.5) is 13.2 Å². The van der Waals surface area contributed by atoms with E-state index in [1.807, 2.05) is 12.1 Å². The van der Waals surface area contributed by atoms with Crippen molar-refractivity contribution in [2.45, 2.75) is 32.4 Å². The van der Waals surface area contributed by atoms with Crippen LogP contribution in [0, 0.1) is 0 Å². The maximum atomic E-state index is 13.3. The number of alkyl halides is 3. The molecular formula is C21H19F3N2. The molecule has 0 atom stereocenters. The van der Waals surface area contributed by atoms with Crippen LogP contribution in [0.2, 0.25) is 0 Å². The summed E-state index contributed by atoms with van der Waals surface area (Å²) >= 11 is 0. The van der Waals surface area contributed by atoms with E-state index < -0.39 is 11.9 Å². The molecule has 0 bridgehead atoms. The topological polar surface area (TPSA) is 25.8 Å². The molecule has 26 heavy (non-hydrogen) atoms. The Labute approximate surface area is 150 Å². The molecule has 0 saturated heterocycles. The van der Waals surface area contributed by atoms with E-state index in [4.69, 9.17) is 0 Å². The number of hydrogen-bond donors (Lipinski definition) is 0. The maximum absolute atomic E-state index is 13.3. The van der Waals surface area contributed by atoms with Crippen LogP contribution in [0.15, 0.2) is 60.7 Å². The van der Waals surface area contributed by atoms with E-state index in [9.17, 15) is 13.2 Å². The molecule has 1 aromatic heterocycles. The molecule has 0 N–H and O–H groups in total. The molecule has 3 aromatic rings. The Balaban J connectivity index is 2.12. The lowest BCUT2D eigenvalue weighted by atomic mass is 9.86. The van der Waals surface area contributed by atoms with Gasteiger partial charge >= 0.3 is 6.18 Å². The van der Waals surface area contributed by atoms with Crippen molar-refractivity contribution in [3.8, 4) is 22.6 Å². The van der Waals surface area contributed by atoms with Gasteiger partial charge in [-0.2, -0.15) is 13.2 Å². The van der Waals surface area contributed by atoms with Crippen molar-refractivity contribution >= 4 is 0 Å². The third-order valence-corrected chi connectivity index (χ3v) is 4.10. The molecule has 5 heteroatoms. The molecule has 2 nitrogen and oxygen atoms in total. The van der Waals surface area contributed by atoms with Crippen LogP contribution in [0.3, 0.4) is 0 Å². The summed E-state index contributed by atoms with van der Waals surface area (Å²) in [4.78, 5) is 8.09. The number of nitrogens with zero attached hydrogens (tertiary/aromatic N) is 2. The summed E-state index contributed by atoms with van der Waals surface area (Å²) in [5, 5.41) is 0. The average molecular weight is 356 g/mol. The molecule has 2 aromatic carbocycles. The predicted molar refractivity (Wildman–Crippen MR) is 96.6 cm³/mol. The summed E-state index contributed by atoms with van der Waals surface area (Å²) in [6.07, 6.45) is -4.54. The summed E-state index contributed by atoms with van der Waals surface area (Å²) < 4.78 is 39.9. The van der Waals surface area contributed by atoms with Crippen LogP contribution in [-0.2, 0) is 11.6 Å². The van der Waals surface area contributed by atoms with Gasteiger partial charge in [-0.15, -0.1) is 0 Å². The second-order valence-electron chi connectivity index (χ2n) is 7.15. The van der Waals surface area contributed by atoms with Gasteiger partial charge in [0.25, 0.3) is 0 Å². The fourth-order valence-electron chi connectivity index (χ4n) is 2.60. The molecule has 134 valence electrons. The van der Waals surface area contributed by atoms with Gasteiger partial charge in [0.1, 0.15) is 5.69 Å². The Morgan fingerprint density at radius 1 is 0.731 bits per heavy atom. The highest BCUT2D eigenvalue weighted by Crippen LogP contribution is 2.33. The standard InChI is InChI=1S/C21H19F3N2/c1-20(2,3)16-11-9-14(10-12-16)17-13-18(21(22,23)24)26-19(25-17)15-7-5-4-6-8-15/h4-13H,1-3H3. The summed E-state index contributed by atoms with van der Waals surface area (Å²) in [6, 6.07) is 17.1. The molecule has 0 unspecified atom stereocenters. The number of benzene rings is 2. The lowest BCUT2D eigenvalue weighted by Crippen LogP contribution is -2.11. The van der Waals surface area contributed by atoms with Gasteiger partial charge in [-0.25, -0.2) is 9.97 Å². The van der Waals surface area contributed by atoms with E-state index in [1.54, 1.807) is 42.5 Å². The third-order valence-electron chi connectivity index (χ3n) is 4.10. The predicted octanol–water partition coefficient (Wildman–Crippen LogP) is 6.13. The lowest BCUT2D eigenvalue weighted by molar-refractivity contribution is -0.141. The zero-order chi connectivity index (χ0) is 18.9. The highest BCUT2D eigenvalue weighted by atomic mass is 19.4. The number of rotatable bonds is 2. The van der Waals surface area contributed by atoms with Gasteiger partial charge in [0.05, 0.1) is 5.69 Å². The molecular weight excluding hydrogens is 337 g/mol. The molecule has 0 spiro atoms. The fraction of sp³-hybridized carbons (Fsp3) is 0.238. The Hall–Kier alpha value is -2.69. The van der Waals surface area contributed by atoms with Crippen molar-refractivity contribution < 1.29 is 13.2 Å². The van der Waals surface area contributed by atoms with Crippen molar-refractivity contribution in [1.29, 1.82) is 0 Å². The zero-order valence-electron chi connectivity index (χ0n) is 14.8. The Morgan fingerprint density at radius 2 is 1.35 bits per heavy atom. The van der Waals surface area contributed by atoms with E-state index in [2.05, 4.69) is 30.7 Å². The minimum Gasteiger partial charge on any atom is -0.228 e. The molecule has 0 aliphatic heterocycles.